The van der Waals surface area contributed by atoms with Gasteiger partial charge in [-0.3, -0.25) is 0 Å². The fraction of sp³-hybridized carbons (Fsp3) is 0.200. The van der Waals surface area contributed by atoms with Gasteiger partial charge in [-0.25, -0.2) is 18.6 Å². The first-order chi connectivity index (χ1) is 15.3. The molecular formula is C25H24F2NO3P. The van der Waals surface area contributed by atoms with Crippen molar-refractivity contribution in [3.8, 4) is 0 Å². The standard InChI is InChI=1S/C25H24F2NO3P/c1-4-5-15-31-25(29)18(3)22-16-20(27)11-14-23(22)32(30,21-12-9-19(26)10-13-21)24-8-6-7-17(2)28-24/h6-14,16H,3-5,15H2,1-2H3. The molecule has 4 nitrogen and oxygen atoms in total. The number of carbonyl (C=O) groups is 1. The molecule has 3 rings (SSSR count). The second-order valence-corrected chi connectivity index (χ2v) is 10.0. The van der Waals surface area contributed by atoms with Crippen LogP contribution < -0.4 is 16.0 Å². The van der Waals surface area contributed by atoms with Gasteiger partial charge in [-0.15, -0.1) is 0 Å². The fourth-order valence-corrected chi connectivity index (χ4v) is 6.06. The van der Waals surface area contributed by atoms with Gasteiger partial charge in [0.25, 0.3) is 0 Å². The van der Waals surface area contributed by atoms with Gasteiger partial charge in [0.2, 0.25) is 0 Å². The molecule has 7 heteroatoms. The van der Waals surface area contributed by atoms with E-state index < -0.39 is 24.7 Å². The summed E-state index contributed by atoms with van der Waals surface area (Å²) >= 11 is 0. The molecule has 0 spiro atoms. The van der Waals surface area contributed by atoms with E-state index in [0.717, 1.165) is 12.5 Å². The van der Waals surface area contributed by atoms with Gasteiger partial charge >= 0.3 is 5.97 Å². The molecule has 32 heavy (non-hydrogen) atoms. The molecule has 0 radical (unpaired) electrons. The average Bonchev–Trinajstić information content (AvgIpc) is 2.78. The summed E-state index contributed by atoms with van der Waals surface area (Å²) in [6.07, 6.45) is 1.51. The Hall–Kier alpha value is -3.11. The highest BCUT2D eigenvalue weighted by atomic mass is 31.2. The molecule has 0 saturated heterocycles. The molecule has 1 aromatic heterocycles. The van der Waals surface area contributed by atoms with Gasteiger partial charge in [-0.1, -0.05) is 26.0 Å². The summed E-state index contributed by atoms with van der Waals surface area (Å²) < 4.78 is 47.8. The second-order valence-electron chi connectivity index (χ2n) is 7.35. The highest BCUT2D eigenvalue weighted by Gasteiger charge is 2.35. The number of hydrogen-bond donors (Lipinski definition) is 0. The fourth-order valence-electron chi connectivity index (χ4n) is 3.28. The lowest BCUT2D eigenvalue weighted by atomic mass is 10.1. The van der Waals surface area contributed by atoms with E-state index in [9.17, 15) is 18.1 Å². The van der Waals surface area contributed by atoms with Crippen LogP contribution in [0.1, 0.15) is 31.0 Å². The van der Waals surface area contributed by atoms with E-state index in [1.807, 2.05) is 6.92 Å². The van der Waals surface area contributed by atoms with E-state index in [2.05, 4.69) is 11.6 Å². The van der Waals surface area contributed by atoms with Gasteiger partial charge in [-0.2, -0.15) is 0 Å². The molecule has 1 unspecified atom stereocenters. The zero-order valence-corrected chi connectivity index (χ0v) is 18.9. The van der Waals surface area contributed by atoms with Gasteiger partial charge in [-0.05, 0) is 67.9 Å². The number of hydrogen-bond acceptors (Lipinski definition) is 4. The van der Waals surface area contributed by atoms with Crippen LogP contribution in [0.25, 0.3) is 5.57 Å². The molecule has 0 fully saturated rings. The first kappa shape index (κ1) is 23.6. The number of rotatable bonds is 8. The Morgan fingerprint density at radius 1 is 1.06 bits per heavy atom. The van der Waals surface area contributed by atoms with E-state index >= 15 is 0 Å². The first-order valence-electron chi connectivity index (χ1n) is 10.2. The third-order valence-electron chi connectivity index (χ3n) is 4.99. The van der Waals surface area contributed by atoms with Crippen LogP contribution in [0.4, 0.5) is 8.78 Å². The summed E-state index contributed by atoms with van der Waals surface area (Å²) in [5.74, 6) is -1.82. The number of unbranched alkanes of at least 4 members (excludes halogenated alkanes) is 1. The maximum Gasteiger partial charge on any atom is 0.338 e. The maximum atomic E-state index is 14.7. The van der Waals surface area contributed by atoms with Crippen molar-refractivity contribution in [1.82, 2.24) is 4.98 Å². The third kappa shape index (κ3) is 4.86. The highest BCUT2D eigenvalue weighted by Crippen LogP contribution is 2.44. The topological polar surface area (TPSA) is 56.3 Å². The van der Waals surface area contributed by atoms with Gasteiger partial charge in [0.15, 0.2) is 7.14 Å². The lowest BCUT2D eigenvalue weighted by Gasteiger charge is -2.22. The van der Waals surface area contributed by atoms with E-state index in [1.165, 1.54) is 36.4 Å². The molecule has 0 aliphatic rings. The van der Waals surface area contributed by atoms with Crippen LogP contribution in [0.3, 0.4) is 0 Å². The van der Waals surface area contributed by atoms with E-state index in [1.54, 1.807) is 25.1 Å². The van der Waals surface area contributed by atoms with Gasteiger partial charge in [0.05, 0.1) is 12.2 Å². The van der Waals surface area contributed by atoms with Crippen LogP contribution in [-0.4, -0.2) is 17.6 Å². The molecule has 1 atom stereocenters. The average molecular weight is 455 g/mol. The van der Waals surface area contributed by atoms with Crippen molar-refractivity contribution in [3.63, 3.8) is 0 Å². The molecule has 2 aromatic carbocycles. The Kier molecular flexibility index (Phi) is 7.37. The summed E-state index contributed by atoms with van der Waals surface area (Å²) in [6.45, 7) is 7.72. The number of aromatic nitrogens is 1. The van der Waals surface area contributed by atoms with Crippen LogP contribution in [0.5, 0.6) is 0 Å². The zero-order chi connectivity index (χ0) is 23.3. The SMILES string of the molecule is C=C(C(=O)OCCCC)c1cc(F)ccc1P(=O)(c1ccc(F)cc1)c1cccc(C)n1. The van der Waals surface area contributed by atoms with Gasteiger partial charge in [0, 0.05) is 21.9 Å². The summed E-state index contributed by atoms with van der Waals surface area (Å²) in [7, 11) is -3.72. The van der Waals surface area contributed by atoms with Crippen molar-refractivity contribution < 1.29 is 22.9 Å². The van der Waals surface area contributed by atoms with Crippen molar-refractivity contribution >= 4 is 34.7 Å². The molecule has 0 aliphatic carbocycles. The predicted octanol–water partition coefficient (Wildman–Crippen LogP) is 4.66. The smallest absolute Gasteiger partial charge is 0.338 e. The Labute approximate surface area is 186 Å². The lowest BCUT2D eigenvalue weighted by molar-refractivity contribution is -0.136. The number of halogens is 2. The molecule has 0 aliphatic heterocycles. The number of pyridine rings is 1. The van der Waals surface area contributed by atoms with Crippen LogP contribution in [-0.2, 0) is 14.1 Å². The number of carbonyl (C=O) groups excluding carboxylic acids is 1. The van der Waals surface area contributed by atoms with Crippen LogP contribution in [0.15, 0.2) is 67.2 Å². The molecule has 166 valence electrons. The predicted molar refractivity (Wildman–Crippen MR) is 123 cm³/mol. The summed E-state index contributed by atoms with van der Waals surface area (Å²) in [5.41, 5.74) is 0.837. The maximum absolute atomic E-state index is 14.7. The third-order valence-corrected chi connectivity index (χ3v) is 7.98. The first-order valence-corrected chi connectivity index (χ1v) is 11.9. The van der Waals surface area contributed by atoms with Crippen molar-refractivity contribution in [2.24, 2.45) is 0 Å². The molecule has 0 saturated carbocycles. The molecule has 1 heterocycles. The second kappa shape index (κ2) is 10.0. The molecule has 0 bridgehead atoms. The Morgan fingerprint density at radius 3 is 2.41 bits per heavy atom. The lowest BCUT2D eigenvalue weighted by Crippen LogP contribution is -2.30. The van der Waals surface area contributed by atoms with E-state index in [-0.39, 0.29) is 28.5 Å². The Balaban J connectivity index is 2.22. The summed E-state index contributed by atoms with van der Waals surface area (Å²) in [5, 5.41) is 0.484. The van der Waals surface area contributed by atoms with Gasteiger partial charge in [0.1, 0.15) is 17.1 Å². The number of aryl methyl sites for hydroxylation is 1. The van der Waals surface area contributed by atoms with E-state index in [0.29, 0.717) is 17.4 Å². The van der Waals surface area contributed by atoms with Crippen molar-refractivity contribution in [2.45, 2.75) is 26.7 Å². The van der Waals surface area contributed by atoms with Gasteiger partial charge < -0.3 is 9.30 Å². The number of ether oxygens (including phenoxy) is 1. The van der Waals surface area contributed by atoms with Crippen LogP contribution in [0, 0.1) is 18.6 Å². The molecule has 0 amide bonds. The quantitative estimate of drug-likeness (QED) is 0.215. The Morgan fingerprint density at radius 2 is 1.75 bits per heavy atom. The molecular weight excluding hydrogens is 431 g/mol. The normalized spacial score (nSPS) is 12.8. The van der Waals surface area contributed by atoms with Crippen LogP contribution in [0.2, 0.25) is 0 Å². The summed E-state index contributed by atoms with van der Waals surface area (Å²) in [4.78, 5) is 17.0. The Bertz CT molecular complexity index is 1190. The van der Waals surface area contributed by atoms with Crippen molar-refractivity contribution in [1.29, 1.82) is 0 Å². The van der Waals surface area contributed by atoms with Crippen LogP contribution >= 0.6 is 7.14 Å². The largest absolute Gasteiger partial charge is 0.462 e. The zero-order valence-electron chi connectivity index (χ0n) is 18.0. The molecule has 3 aromatic rings. The van der Waals surface area contributed by atoms with Crippen molar-refractivity contribution in [2.75, 3.05) is 6.61 Å². The van der Waals surface area contributed by atoms with E-state index in [4.69, 9.17) is 4.74 Å². The van der Waals surface area contributed by atoms with Crippen molar-refractivity contribution in [3.05, 3.63) is 90.1 Å². The summed E-state index contributed by atoms with van der Waals surface area (Å²) in [6, 6.07) is 14.0. The molecule has 0 N–H and O–H groups in total. The number of esters is 1. The number of benzene rings is 2. The minimum absolute atomic E-state index is 0.0717. The highest BCUT2D eigenvalue weighted by molar-refractivity contribution is 7.85. The number of nitrogens with zero attached hydrogens (tertiary/aromatic N) is 1. The minimum atomic E-state index is -3.72. The minimum Gasteiger partial charge on any atom is -0.462 e. The monoisotopic (exact) mass is 455 g/mol.